The van der Waals surface area contributed by atoms with E-state index < -0.39 is 0 Å². The third-order valence-electron chi connectivity index (χ3n) is 2.10. The summed E-state index contributed by atoms with van der Waals surface area (Å²) in [7, 11) is 0. The van der Waals surface area contributed by atoms with Gasteiger partial charge >= 0.3 is 0 Å². The molecule has 0 fully saturated rings. The number of benzene rings is 1. The molecule has 0 saturated carbocycles. The molecule has 0 unspecified atom stereocenters. The molecule has 0 atom stereocenters. The number of halogens is 1. The van der Waals surface area contributed by atoms with Crippen LogP contribution in [0.4, 0.5) is 4.39 Å². The summed E-state index contributed by atoms with van der Waals surface area (Å²) in [5.41, 5.74) is 1.75. The maximum absolute atomic E-state index is 13.4. The second kappa shape index (κ2) is 3.88. The Hall–Kier alpha value is -1.22. The fraction of sp³-hybridized carbons (Fsp3) is 0.182. The van der Waals surface area contributed by atoms with Crippen LogP contribution in [0.25, 0.3) is 10.6 Å². The molecule has 2 rings (SSSR count). The van der Waals surface area contributed by atoms with Crippen LogP contribution in [-0.2, 0) is 6.42 Å². The van der Waals surface area contributed by atoms with E-state index in [9.17, 15) is 4.39 Å². The van der Waals surface area contributed by atoms with Crippen molar-refractivity contribution in [2.24, 2.45) is 0 Å². The molecule has 1 nitrogen and oxygen atoms in total. The minimum absolute atomic E-state index is 0.197. The lowest BCUT2D eigenvalue weighted by Crippen LogP contribution is -1.87. The first-order chi connectivity index (χ1) is 6.81. The van der Waals surface area contributed by atoms with Crippen molar-refractivity contribution < 1.29 is 4.39 Å². The van der Waals surface area contributed by atoms with E-state index in [1.807, 2.05) is 17.5 Å². The van der Waals surface area contributed by atoms with Crippen molar-refractivity contribution in [2.75, 3.05) is 0 Å². The smallest absolute Gasteiger partial charge is 0.133 e. The van der Waals surface area contributed by atoms with Crippen LogP contribution in [0.2, 0.25) is 0 Å². The van der Waals surface area contributed by atoms with Gasteiger partial charge in [-0.15, -0.1) is 11.3 Å². The van der Waals surface area contributed by atoms with Crippen LogP contribution >= 0.6 is 11.3 Å². The lowest BCUT2D eigenvalue weighted by molar-refractivity contribution is 0.630. The molecule has 2 aromatic rings. The summed E-state index contributed by atoms with van der Waals surface area (Å²) in [6.07, 6.45) is 2.61. The third kappa shape index (κ3) is 1.68. The molecule has 14 heavy (non-hydrogen) atoms. The largest absolute Gasteiger partial charge is 0.244 e. The zero-order valence-corrected chi connectivity index (χ0v) is 8.64. The predicted molar refractivity (Wildman–Crippen MR) is 56.9 cm³/mol. The molecular weight excluding hydrogens is 197 g/mol. The molecule has 0 bridgehead atoms. The van der Waals surface area contributed by atoms with Crippen LogP contribution in [0, 0.1) is 5.82 Å². The topological polar surface area (TPSA) is 12.9 Å². The van der Waals surface area contributed by atoms with Gasteiger partial charge in [-0.25, -0.2) is 9.37 Å². The molecule has 0 aliphatic rings. The lowest BCUT2D eigenvalue weighted by atomic mass is 10.1. The molecular formula is C11H10FNS. The Bertz CT molecular complexity index is 423. The van der Waals surface area contributed by atoms with Gasteiger partial charge < -0.3 is 0 Å². The van der Waals surface area contributed by atoms with Crippen molar-refractivity contribution in [1.82, 2.24) is 4.98 Å². The van der Waals surface area contributed by atoms with Gasteiger partial charge in [0.25, 0.3) is 0 Å². The minimum Gasteiger partial charge on any atom is -0.244 e. The van der Waals surface area contributed by atoms with E-state index in [4.69, 9.17) is 0 Å². The van der Waals surface area contributed by atoms with Gasteiger partial charge in [-0.2, -0.15) is 0 Å². The first kappa shape index (κ1) is 9.34. The van der Waals surface area contributed by atoms with E-state index in [1.54, 1.807) is 6.20 Å². The fourth-order valence-electron chi connectivity index (χ4n) is 1.31. The number of nitrogens with zero attached hydrogens (tertiary/aromatic N) is 1. The van der Waals surface area contributed by atoms with Crippen LogP contribution in [0.3, 0.4) is 0 Å². The van der Waals surface area contributed by atoms with Gasteiger partial charge in [0.05, 0.1) is 0 Å². The van der Waals surface area contributed by atoms with Crippen molar-refractivity contribution >= 4 is 11.3 Å². The maximum Gasteiger partial charge on any atom is 0.133 e. The second-order valence-electron chi connectivity index (χ2n) is 3.01. The van der Waals surface area contributed by atoms with Crippen LogP contribution in [0.5, 0.6) is 0 Å². The summed E-state index contributed by atoms with van der Waals surface area (Å²) in [6, 6.07) is 5.19. The monoisotopic (exact) mass is 207 g/mol. The zero-order valence-electron chi connectivity index (χ0n) is 7.83. The van der Waals surface area contributed by atoms with E-state index in [0.29, 0.717) is 5.56 Å². The number of rotatable bonds is 2. The standard InChI is InChI=1S/C11H10FNS/c1-2-8-3-4-10(12)9(7-8)11-13-5-6-14-11/h3-7H,2H2,1H3. The number of aromatic nitrogens is 1. The van der Waals surface area contributed by atoms with E-state index in [2.05, 4.69) is 11.9 Å². The summed E-state index contributed by atoms with van der Waals surface area (Å²) in [4.78, 5) is 4.10. The molecule has 1 heterocycles. The minimum atomic E-state index is -0.197. The summed E-state index contributed by atoms with van der Waals surface area (Å²) in [6.45, 7) is 2.05. The van der Waals surface area contributed by atoms with Gasteiger partial charge in [0.15, 0.2) is 0 Å². The molecule has 1 aromatic carbocycles. The normalized spacial score (nSPS) is 10.4. The van der Waals surface area contributed by atoms with E-state index in [0.717, 1.165) is 17.0 Å². The quantitative estimate of drug-likeness (QED) is 0.734. The van der Waals surface area contributed by atoms with E-state index in [-0.39, 0.29) is 5.82 Å². The molecule has 0 amide bonds. The Morgan fingerprint density at radius 1 is 1.43 bits per heavy atom. The average Bonchev–Trinajstić information content (AvgIpc) is 2.71. The van der Waals surface area contributed by atoms with Gasteiger partial charge in [-0.1, -0.05) is 13.0 Å². The highest BCUT2D eigenvalue weighted by atomic mass is 32.1. The van der Waals surface area contributed by atoms with Crippen molar-refractivity contribution in [3.8, 4) is 10.6 Å². The van der Waals surface area contributed by atoms with Gasteiger partial charge in [0.1, 0.15) is 10.8 Å². The average molecular weight is 207 g/mol. The highest BCUT2D eigenvalue weighted by Crippen LogP contribution is 2.25. The first-order valence-electron chi connectivity index (χ1n) is 4.49. The Labute approximate surface area is 86.2 Å². The number of thiazole rings is 1. The molecule has 1 aromatic heterocycles. The Balaban J connectivity index is 2.51. The van der Waals surface area contributed by atoms with Crippen molar-refractivity contribution in [1.29, 1.82) is 0 Å². The zero-order chi connectivity index (χ0) is 9.97. The summed E-state index contributed by atoms with van der Waals surface area (Å²) < 4.78 is 13.4. The molecule has 72 valence electrons. The van der Waals surface area contributed by atoms with Crippen molar-refractivity contribution in [2.45, 2.75) is 13.3 Å². The molecule has 0 aliphatic carbocycles. The van der Waals surface area contributed by atoms with Gasteiger partial charge in [0, 0.05) is 17.1 Å². The lowest BCUT2D eigenvalue weighted by Gasteiger charge is -2.01. The van der Waals surface area contributed by atoms with E-state index >= 15 is 0 Å². The van der Waals surface area contributed by atoms with Gasteiger partial charge in [-0.05, 0) is 24.1 Å². The second-order valence-corrected chi connectivity index (χ2v) is 3.90. The SMILES string of the molecule is CCc1ccc(F)c(-c2nccs2)c1. The van der Waals surface area contributed by atoms with Crippen LogP contribution in [-0.4, -0.2) is 4.98 Å². The fourth-order valence-corrected chi connectivity index (χ4v) is 1.97. The molecule has 0 N–H and O–H groups in total. The highest BCUT2D eigenvalue weighted by Gasteiger charge is 2.07. The first-order valence-corrected chi connectivity index (χ1v) is 5.37. The van der Waals surface area contributed by atoms with Crippen molar-refractivity contribution in [3.63, 3.8) is 0 Å². The van der Waals surface area contributed by atoms with E-state index in [1.165, 1.54) is 17.4 Å². The number of hydrogen-bond acceptors (Lipinski definition) is 2. The Morgan fingerprint density at radius 2 is 2.29 bits per heavy atom. The maximum atomic E-state index is 13.4. The molecule has 0 spiro atoms. The molecule has 3 heteroatoms. The van der Waals surface area contributed by atoms with Gasteiger partial charge in [0.2, 0.25) is 0 Å². The highest BCUT2D eigenvalue weighted by molar-refractivity contribution is 7.13. The predicted octanol–water partition coefficient (Wildman–Crippen LogP) is 3.51. The Morgan fingerprint density at radius 3 is 2.93 bits per heavy atom. The summed E-state index contributed by atoms with van der Waals surface area (Å²) >= 11 is 1.46. The van der Waals surface area contributed by atoms with Crippen LogP contribution < -0.4 is 0 Å². The molecule has 0 aliphatic heterocycles. The van der Waals surface area contributed by atoms with Gasteiger partial charge in [-0.3, -0.25) is 0 Å². The van der Waals surface area contributed by atoms with Crippen molar-refractivity contribution in [3.05, 3.63) is 41.2 Å². The van der Waals surface area contributed by atoms with Crippen LogP contribution in [0.15, 0.2) is 29.8 Å². The number of aryl methyl sites for hydroxylation is 1. The summed E-state index contributed by atoms with van der Waals surface area (Å²) in [5.74, 6) is -0.197. The molecule has 0 radical (unpaired) electrons. The van der Waals surface area contributed by atoms with Crippen LogP contribution in [0.1, 0.15) is 12.5 Å². The summed E-state index contributed by atoms with van der Waals surface area (Å²) in [5, 5.41) is 2.60. The number of hydrogen-bond donors (Lipinski definition) is 0. The third-order valence-corrected chi connectivity index (χ3v) is 2.91. The Kier molecular flexibility index (Phi) is 2.59. The molecule has 0 saturated heterocycles.